The molecule has 0 spiro atoms. The van der Waals surface area contributed by atoms with Crippen LogP contribution in [0, 0.1) is 3.57 Å². The highest BCUT2D eigenvalue weighted by molar-refractivity contribution is 14.1. The number of halogens is 1. The minimum atomic E-state index is 0.758. The third-order valence-corrected chi connectivity index (χ3v) is 1.96. The SMILES string of the molecule is [B]c1ccc(N)cc1I. The zero-order valence-electron chi connectivity index (χ0n) is 4.76. The van der Waals surface area contributed by atoms with E-state index in [1.807, 2.05) is 6.07 Å². The Morgan fingerprint density at radius 1 is 1.44 bits per heavy atom. The van der Waals surface area contributed by atoms with Gasteiger partial charge >= 0.3 is 0 Å². The van der Waals surface area contributed by atoms with Gasteiger partial charge in [-0.3, -0.25) is 0 Å². The summed E-state index contributed by atoms with van der Waals surface area (Å²) in [5.74, 6) is 0. The van der Waals surface area contributed by atoms with E-state index in [-0.39, 0.29) is 0 Å². The molecule has 0 amide bonds. The normalized spacial score (nSPS) is 9.44. The minimum Gasteiger partial charge on any atom is -0.399 e. The Morgan fingerprint density at radius 2 is 2.11 bits per heavy atom. The van der Waals surface area contributed by atoms with Crippen molar-refractivity contribution < 1.29 is 0 Å². The van der Waals surface area contributed by atoms with Gasteiger partial charge in [0.1, 0.15) is 7.85 Å². The predicted molar refractivity (Wildman–Crippen MR) is 49.0 cm³/mol. The van der Waals surface area contributed by atoms with Gasteiger partial charge in [-0.1, -0.05) is 11.5 Å². The van der Waals surface area contributed by atoms with Crippen LogP contribution in [-0.4, -0.2) is 7.85 Å². The fourth-order valence-corrected chi connectivity index (χ4v) is 1.08. The van der Waals surface area contributed by atoms with E-state index in [1.54, 1.807) is 12.1 Å². The summed E-state index contributed by atoms with van der Waals surface area (Å²) in [5.41, 5.74) is 7.01. The number of anilines is 1. The van der Waals surface area contributed by atoms with Crippen molar-refractivity contribution in [1.29, 1.82) is 0 Å². The molecule has 44 valence electrons. The second-order valence-electron chi connectivity index (χ2n) is 1.78. The maximum Gasteiger partial charge on any atom is 0.115 e. The monoisotopic (exact) mass is 229 g/mol. The Bertz CT molecular complexity index is 224. The molecule has 0 aliphatic heterocycles. The molecule has 0 aliphatic rings. The molecule has 1 aromatic carbocycles. The summed E-state index contributed by atoms with van der Waals surface area (Å²) in [5, 5.41) is 0. The van der Waals surface area contributed by atoms with Crippen LogP contribution in [0.5, 0.6) is 0 Å². The van der Waals surface area contributed by atoms with Crippen LogP contribution in [-0.2, 0) is 0 Å². The predicted octanol–water partition coefficient (Wildman–Crippen LogP) is 0.667. The summed E-state index contributed by atoms with van der Waals surface area (Å²) < 4.78 is 1.01. The standard InChI is InChI=1S/C6H5BIN/c7-5-2-1-4(9)3-6(5)8/h1-3H,9H2. The molecule has 0 aliphatic carbocycles. The zero-order valence-corrected chi connectivity index (χ0v) is 6.92. The molecule has 9 heavy (non-hydrogen) atoms. The van der Waals surface area contributed by atoms with Gasteiger partial charge in [0, 0.05) is 9.26 Å². The third-order valence-electron chi connectivity index (χ3n) is 1.02. The molecule has 1 rings (SSSR count). The summed E-state index contributed by atoms with van der Waals surface area (Å²) in [6.45, 7) is 0. The number of rotatable bonds is 0. The van der Waals surface area contributed by atoms with E-state index in [2.05, 4.69) is 22.6 Å². The van der Waals surface area contributed by atoms with Crippen LogP contribution >= 0.6 is 22.6 Å². The van der Waals surface area contributed by atoms with Crippen molar-refractivity contribution in [2.45, 2.75) is 0 Å². The highest BCUT2D eigenvalue weighted by Crippen LogP contribution is 2.05. The largest absolute Gasteiger partial charge is 0.399 e. The van der Waals surface area contributed by atoms with Crippen molar-refractivity contribution >= 4 is 41.6 Å². The maximum atomic E-state index is 5.53. The highest BCUT2D eigenvalue weighted by Gasteiger charge is 1.90. The van der Waals surface area contributed by atoms with Crippen molar-refractivity contribution in [2.75, 3.05) is 5.73 Å². The average molecular weight is 229 g/mol. The van der Waals surface area contributed by atoms with Gasteiger partial charge in [-0.15, -0.1) is 0 Å². The van der Waals surface area contributed by atoms with E-state index in [0.717, 1.165) is 14.7 Å². The van der Waals surface area contributed by atoms with E-state index in [1.165, 1.54) is 0 Å². The van der Waals surface area contributed by atoms with Gasteiger partial charge in [0.2, 0.25) is 0 Å². The number of nitrogens with two attached hydrogens (primary N) is 1. The molecule has 3 heteroatoms. The molecule has 0 fully saturated rings. The molecule has 0 saturated carbocycles. The summed E-state index contributed by atoms with van der Waals surface area (Å²) in [7, 11) is 5.53. The van der Waals surface area contributed by atoms with Crippen molar-refractivity contribution in [3.05, 3.63) is 21.8 Å². The number of hydrogen-bond acceptors (Lipinski definition) is 1. The summed E-state index contributed by atoms with van der Waals surface area (Å²) in [6.07, 6.45) is 0. The quantitative estimate of drug-likeness (QED) is 0.394. The number of nitrogen functional groups attached to an aromatic ring is 1. The van der Waals surface area contributed by atoms with Crippen LogP contribution in [0.25, 0.3) is 0 Å². The lowest BCUT2D eigenvalue weighted by atomic mass is 9.96. The zero-order chi connectivity index (χ0) is 6.85. The lowest BCUT2D eigenvalue weighted by molar-refractivity contribution is 1.68. The van der Waals surface area contributed by atoms with Crippen molar-refractivity contribution in [3.8, 4) is 0 Å². The third kappa shape index (κ3) is 1.61. The first-order valence-corrected chi connectivity index (χ1v) is 3.58. The molecule has 0 saturated heterocycles. The van der Waals surface area contributed by atoms with Crippen LogP contribution in [0.2, 0.25) is 0 Å². The Kier molecular flexibility index (Phi) is 2.00. The topological polar surface area (TPSA) is 26.0 Å². The molecule has 1 nitrogen and oxygen atoms in total. The average Bonchev–Trinajstić information content (AvgIpc) is 1.80. The van der Waals surface area contributed by atoms with Crippen molar-refractivity contribution in [3.63, 3.8) is 0 Å². The first kappa shape index (κ1) is 6.93. The van der Waals surface area contributed by atoms with Gasteiger partial charge in [0.15, 0.2) is 0 Å². The van der Waals surface area contributed by atoms with Gasteiger partial charge in [-0.2, -0.15) is 0 Å². The Balaban J connectivity index is 3.17. The van der Waals surface area contributed by atoms with E-state index in [0.29, 0.717) is 0 Å². The fourth-order valence-electron chi connectivity index (χ4n) is 0.543. The smallest absolute Gasteiger partial charge is 0.115 e. The van der Waals surface area contributed by atoms with Crippen LogP contribution in [0.1, 0.15) is 0 Å². The van der Waals surface area contributed by atoms with Crippen LogP contribution in [0.4, 0.5) is 5.69 Å². The molecule has 0 atom stereocenters. The van der Waals surface area contributed by atoms with Crippen LogP contribution < -0.4 is 11.2 Å². The maximum absolute atomic E-state index is 5.53. The molecule has 2 N–H and O–H groups in total. The van der Waals surface area contributed by atoms with E-state index >= 15 is 0 Å². The molecule has 0 heterocycles. The first-order valence-electron chi connectivity index (χ1n) is 2.50. The molecule has 1 aromatic rings. The van der Waals surface area contributed by atoms with Gasteiger partial charge in [0.05, 0.1) is 0 Å². The molecule has 2 radical (unpaired) electrons. The Labute approximate surface area is 69.2 Å². The first-order chi connectivity index (χ1) is 4.20. The van der Waals surface area contributed by atoms with E-state index in [4.69, 9.17) is 13.6 Å². The van der Waals surface area contributed by atoms with Crippen LogP contribution in [0.3, 0.4) is 0 Å². The van der Waals surface area contributed by atoms with Crippen molar-refractivity contribution in [1.82, 2.24) is 0 Å². The van der Waals surface area contributed by atoms with Crippen LogP contribution in [0.15, 0.2) is 18.2 Å². The molecule has 0 bridgehead atoms. The van der Waals surface area contributed by atoms with Crippen molar-refractivity contribution in [2.24, 2.45) is 0 Å². The van der Waals surface area contributed by atoms with Gasteiger partial charge in [0.25, 0.3) is 0 Å². The van der Waals surface area contributed by atoms with E-state index in [9.17, 15) is 0 Å². The van der Waals surface area contributed by atoms with Gasteiger partial charge in [-0.25, -0.2) is 0 Å². The molecule has 0 aromatic heterocycles. The second-order valence-corrected chi connectivity index (χ2v) is 2.94. The number of benzene rings is 1. The Morgan fingerprint density at radius 3 is 2.56 bits per heavy atom. The van der Waals surface area contributed by atoms with E-state index < -0.39 is 0 Å². The summed E-state index contributed by atoms with van der Waals surface area (Å²) in [6, 6.07) is 5.44. The summed E-state index contributed by atoms with van der Waals surface area (Å²) in [4.78, 5) is 0. The molecular weight excluding hydrogens is 224 g/mol. The second kappa shape index (κ2) is 2.60. The lowest BCUT2D eigenvalue weighted by Crippen LogP contribution is -2.06. The molecular formula is C6H5BIN. The lowest BCUT2D eigenvalue weighted by Gasteiger charge is -1.97. The molecule has 0 unspecified atom stereocenters. The summed E-state index contributed by atoms with van der Waals surface area (Å²) >= 11 is 2.14. The highest BCUT2D eigenvalue weighted by atomic mass is 127. The Hall–Kier alpha value is -0.185. The fraction of sp³-hybridized carbons (Fsp3) is 0. The van der Waals surface area contributed by atoms with Gasteiger partial charge in [-0.05, 0) is 34.7 Å². The van der Waals surface area contributed by atoms with Gasteiger partial charge < -0.3 is 5.73 Å². The minimum absolute atomic E-state index is 0.758. The number of hydrogen-bond donors (Lipinski definition) is 1.